The van der Waals surface area contributed by atoms with Crippen LogP contribution in [0.3, 0.4) is 0 Å². The maximum atomic E-state index is 13.3. The lowest BCUT2D eigenvalue weighted by molar-refractivity contribution is -0.132. The third-order valence-electron chi connectivity index (χ3n) is 5.56. The van der Waals surface area contributed by atoms with Crippen molar-refractivity contribution in [1.82, 2.24) is 0 Å². The van der Waals surface area contributed by atoms with Crippen molar-refractivity contribution in [3.8, 4) is 11.5 Å². The standard InChI is InChI=1S/C27H23Cl2NO5/c1-3-34-20-12-10-19(11-13-20)30-24(16-5-8-18(28)9-6-16)23(26(32)27(30)33)25(31)17-7-14-21(29)22(15-17)35-4-2/h5-15,24,31H,3-4H2,1-2H3/b25-23-. The van der Waals surface area contributed by atoms with Gasteiger partial charge in [-0.2, -0.15) is 0 Å². The SMILES string of the molecule is CCOc1ccc(N2C(=O)C(=O)/C(=C(\O)c3ccc(Cl)c(OCC)c3)C2c2ccc(Cl)cc2)cc1. The number of nitrogens with zero attached hydrogens (tertiary/aromatic N) is 1. The van der Waals surface area contributed by atoms with Gasteiger partial charge in [-0.3, -0.25) is 14.5 Å². The summed E-state index contributed by atoms with van der Waals surface area (Å²) in [5.41, 5.74) is 1.36. The first kappa shape index (κ1) is 24.6. The Balaban J connectivity index is 1.88. The van der Waals surface area contributed by atoms with E-state index in [0.29, 0.717) is 51.6 Å². The number of aliphatic hydroxyl groups excluding tert-OH is 1. The molecule has 0 saturated carbocycles. The second-order valence-electron chi connectivity index (χ2n) is 7.73. The quantitative estimate of drug-likeness (QED) is 0.225. The van der Waals surface area contributed by atoms with Crippen molar-refractivity contribution in [2.24, 2.45) is 0 Å². The molecule has 0 bridgehead atoms. The predicted molar refractivity (Wildman–Crippen MR) is 136 cm³/mol. The monoisotopic (exact) mass is 511 g/mol. The molecule has 1 unspecified atom stereocenters. The summed E-state index contributed by atoms with van der Waals surface area (Å²) < 4.78 is 11.0. The molecule has 1 amide bonds. The van der Waals surface area contributed by atoms with Crippen LogP contribution in [-0.2, 0) is 9.59 Å². The summed E-state index contributed by atoms with van der Waals surface area (Å²) in [4.78, 5) is 27.9. The van der Waals surface area contributed by atoms with Gasteiger partial charge in [-0.15, -0.1) is 0 Å². The van der Waals surface area contributed by atoms with Gasteiger partial charge < -0.3 is 14.6 Å². The van der Waals surface area contributed by atoms with Crippen LogP contribution in [0.15, 0.2) is 72.3 Å². The van der Waals surface area contributed by atoms with Crippen molar-refractivity contribution >= 4 is 46.3 Å². The van der Waals surface area contributed by atoms with Crippen LogP contribution in [0.2, 0.25) is 10.0 Å². The van der Waals surface area contributed by atoms with E-state index in [4.69, 9.17) is 32.7 Å². The van der Waals surface area contributed by atoms with E-state index in [1.165, 1.54) is 4.90 Å². The lowest BCUT2D eigenvalue weighted by Crippen LogP contribution is -2.29. The van der Waals surface area contributed by atoms with Gasteiger partial charge in [-0.1, -0.05) is 35.3 Å². The average molecular weight is 512 g/mol. The number of hydrogen-bond donors (Lipinski definition) is 1. The van der Waals surface area contributed by atoms with Gasteiger partial charge in [0.05, 0.1) is 29.9 Å². The van der Waals surface area contributed by atoms with Crippen LogP contribution in [0.5, 0.6) is 11.5 Å². The molecule has 1 heterocycles. The number of carbonyl (C=O) groups excluding carboxylic acids is 2. The van der Waals surface area contributed by atoms with Crippen LogP contribution >= 0.6 is 23.2 Å². The number of anilines is 1. The molecule has 0 aromatic heterocycles. The summed E-state index contributed by atoms with van der Waals surface area (Å²) in [5, 5.41) is 12.2. The van der Waals surface area contributed by atoms with E-state index in [-0.39, 0.29) is 11.3 Å². The number of amides is 1. The highest BCUT2D eigenvalue weighted by atomic mass is 35.5. The Morgan fingerprint density at radius 1 is 0.914 bits per heavy atom. The van der Waals surface area contributed by atoms with Gasteiger partial charge in [0.25, 0.3) is 11.7 Å². The Hall–Kier alpha value is -3.48. The highest BCUT2D eigenvalue weighted by Gasteiger charge is 2.47. The molecule has 1 atom stereocenters. The summed E-state index contributed by atoms with van der Waals surface area (Å²) in [6.45, 7) is 4.56. The van der Waals surface area contributed by atoms with Crippen LogP contribution in [0, 0.1) is 0 Å². The molecule has 6 nitrogen and oxygen atoms in total. The Morgan fingerprint density at radius 3 is 2.20 bits per heavy atom. The molecule has 1 N–H and O–H groups in total. The molecule has 180 valence electrons. The number of ether oxygens (including phenoxy) is 2. The van der Waals surface area contributed by atoms with Gasteiger partial charge in [-0.25, -0.2) is 0 Å². The molecule has 1 saturated heterocycles. The summed E-state index contributed by atoms with van der Waals surface area (Å²) in [7, 11) is 0. The fourth-order valence-corrected chi connectivity index (χ4v) is 4.30. The first-order valence-corrected chi connectivity index (χ1v) is 11.8. The van der Waals surface area contributed by atoms with E-state index >= 15 is 0 Å². The molecule has 3 aromatic carbocycles. The molecular formula is C27H23Cl2NO5. The lowest BCUT2D eigenvalue weighted by Gasteiger charge is -2.25. The minimum Gasteiger partial charge on any atom is -0.507 e. The molecule has 1 aliphatic heterocycles. The smallest absolute Gasteiger partial charge is 0.300 e. The van der Waals surface area contributed by atoms with Gasteiger partial charge in [0.1, 0.15) is 17.3 Å². The second kappa shape index (κ2) is 10.4. The van der Waals surface area contributed by atoms with E-state index in [2.05, 4.69) is 0 Å². The van der Waals surface area contributed by atoms with Crippen LogP contribution in [0.1, 0.15) is 31.0 Å². The van der Waals surface area contributed by atoms with Crippen molar-refractivity contribution in [3.63, 3.8) is 0 Å². The number of ketones is 1. The summed E-state index contributed by atoms with van der Waals surface area (Å²) in [6.07, 6.45) is 0. The molecule has 4 rings (SSSR count). The Kier molecular flexibility index (Phi) is 7.34. The van der Waals surface area contributed by atoms with Crippen molar-refractivity contribution in [3.05, 3.63) is 93.5 Å². The zero-order chi connectivity index (χ0) is 25.1. The number of hydrogen-bond acceptors (Lipinski definition) is 5. The normalized spacial score (nSPS) is 17.0. The van der Waals surface area contributed by atoms with Gasteiger partial charge in [-0.05, 0) is 74.0 Å². The molecule has 0 radical (unpaired) electrons. The van der Waals surface area contributed by atoms with Gasteiger partial charge >= 0.3 is 0 Å². The van der Waals surface area contributed by atoms with Gasteiger partial charge in [0.2, 0.25) is 0 Å². The Bertz CT molecular complexity index is 1290. The molecule has 3 aromatic rings. The maximum absolute atomic E-state index is 13.3. The number of benzene rings is 3. The lowest BCUT2D eigenvalue weighted by atomic mass is 9.95. The van der Waals surface area contributed by atoms with E-state index in [9.17, 15) is 14.7 Å². The number of carbonyl (C=O) groups is 2. The van der Waals surface area contributed by atoms with E-state index in [1.54, 1.807) is 66.7 Å². The van der Waals surface area contributed by atoms with E-state index < -0.39 is 17.7 Å². The molecule has 0 spiro atoms. The van der Waals surface area contributed by atoms with Gasteiger partial charge in [0, 0.05) is 16.3 Å². The predicted octanol–water partition coefficient (Wildman–Crippen LogP) is 6.42. The van der Waals surface area contributed by atoms with Crippen molar-refractivity contribution in [1.29, 1.82) is 0 Å². The fraction of sp³-hybridized carbons (Fsp3) is 0.185. The molecule has 0 aliphatic carbocycles. The third-order valence-corrected chi connectivity index (χ3v) is 6.12. The zero-order valence-corrected chi connectivity index (χ0v) is 20.6. The average Bonchev–Trinajstić information content (AvgIpc) is 3.12. The topological polar surface area (TPSA) is 76.1 Å². The first-order valence-electron chi connectivity index (χ1n) is 11.1. The molecule has 1 aliphatic rings. The van der Waals surface area contributed by atoms with Crippen LogP contribution in [0.4, 0.5) is 5.69 Å². The minimum absolute atomic E-state index is 0.0454. The molecular weight excluding hydrogens is 489 g/mol. The number of Topliss-reactive ketones (excluding diaryl/α,β-unsaturated/α-hetero) is 1. The van der Waals surface area contributed by atoms with Crippen molar-refractivity contribution in [2.75, 3.05) is 18.1 Å². The van der Waals surface area contributed by atoms with Crippen molar-refractivity contribution < 1.29 is 24.2 Å². The Labute approximate surface area is 213 Å². The Morgan fingerprint density at radius 2 is 1.57 bits per heavy atom. The van der Waals surface area contributed by atoms with E-state index in [0.717, 1.165) is 0 Å². The maximum Gasteiger partial charge on any atom is 0.300 e. The van der Waals surface area contributed by atoms with Crippen LogP contribution in [-0.4, -0.2) is 30.0 Å². The zero-order valence-electron chi connectivity index (χ0n) is 19.1. The fourth-order valence-electron chi connectivity index (χ4n) is 4.00. The summed E-state index contributed by atoms with van der Waals surface area (Å²) >= 11 is 12.3. The summed E-state index contributed by atoms with van der Waals surface area (Å²) in [6, 6.07) is 17.5. The highest BCUT2D eigenvalue weighted by Crippen LogP contribution is 2.43. The van der Waals surface area contributed by atoms with E-state index in [1.807, 2.05) is 13.8 Å². The number of rotatable bonds is 7. The van der Waals surface area contributed by atoms with Crippen molar-refractivity contribution in [2.45, 2.75) is 19.9 Å². The highest BCUT2D eigenvalue weighted by molar-refractivity contribution is 6.51. The number of aliphatic hydroxyl groups is 1. The molecule has 8 heteroatoms. The largest absolute Gasteiger partial charge is 0.507 e. The minimum atomic E-state index is -0.878. The van der Waals surface area contributed by atoms with Crippen LogP contribution in [0.25, 0.3) is 5.76 Å². The van der Waals surface area contributed by atoms with Crippen LogP contribution < -0.4 is 14.4 Å². The second-order valence-corrected chi connectivity index (χ2v) is 8.57. The summed E-state index contributed by atoms with van der Waals surface area (Å²) in [5.74, 6) is -0.879. The third kappa shape index (κ3) is 4.85. The molecule has 35 heavy (non-hydrogen) atoms. The molecule has 1 fully saturated rings. The van der Waals surface area contributed by atoms with Gasteiger partial charge in [0.15, 0.2) is 0 Å². The first-order chi connectivity index (χ1) is 16.8. The number of halogens is 2.